The quantitative estimate of drug-likeness (QED) is 0.311. The van der Waals surface area contributed by atoms with Gasteiger partial charge in [0.25, 0.3) is 0 Å². The Hall–Kier alpha value is -4.08. The summed E-state index contributed by atoms with van der Waals surface area (Å²) in [6.45, 7) is 6.07. The van der Waals surface area contributed by atoms with E-state index in [1.54, 1.807) is 16.9 Å². The summed E-state index contributed by atoms with van der Waals surface area (Å²) in [5.41, 5.74) is 6.59. The third-order valence-corrected chi connectivity index (χ3v) is 9.26. The summed E-state index contributed by atoms with van der Waals surface area (Å²) in [5, 5.41) is 4.97. The molecule has 0 saturated carbocycles. The minimum absolute atomic E-state index is 0.0736. The molecule has 6 rings (SSSR count). The standard InChI is InChI=1S/C33H34N4O4S/c1-22-10-9-14-26(23(22)2)37-33-30(31(34-37)24-11-5-4-6-12-24)32(25-13-7-8-15-27(25)40-3)42-21-29(39)36(33)20-28(38)35-16-18-41-19-17-35/h4-15,32H,16-21H2,1-3H3/t32-/m1/s1. The van der Waals surface area contributed by atoms with Gasteiger partial charge in [0, 0.05) is 29.8 Å². The molecule has 1 saturated heterocycles. The van der Waals surface area contributed by atoms with E-state index < -0.39 is 0 Å². The molecule has 4 aromatic rings. The van der Waals surface area contributed by atoms with Crippen LogP contribution in [0.25, 0.3) is 16.9 Å². The number of ether oxygens (including phenoxy) is 2. The molecule has 216 valence electrons. The monoisotopic (exact) mass is 582 g/mol. The maximum absolute atomic E-state index is 14.0. The van der Waals surface area contributed by atoms with Crippen molar-refractivity contribution in [3.63, 3.8) is 0 Å². The summed E-state index contributed by atoms with van der Waals surface area (Å²) in [4.78, 5) is 31.1. The molecule has 0 N–H and O–H groups in total. The summed E-state index contributed by atoms with van der Waals surface area (Å²) < 4.78 is 13.2. The van der Waals surface area contributed by atoms with Crippen LogP contribution in [0.2, 0.25) is 0 Å². The van der Waals surface area contributed by atoms with E-state index in [4.69, 9.17) is 14.6 Å². The van der Waals surface area contributed by atoms with Crippen LogP contribution in [0, 0.1) is 13.8 Å². The topological polar surface area (TPSA) is 76.9 Å². The Labute approximate surface area is 250 Å². The van der Waals surface area contributed by atoms with Crippen LogP contribution >= 0.6 is 11.8 Å². The van der Waals surface area contributed by atoms with Crippen molar-refractivity contribution < 1.29 is 19.1 Å². The number of fused-ring (bicyclic) bond motifs is 1. The first-order valence-electron chi connectivity index (χ1n) is 14.1. The zero-order valence-corrected chi connectivity index (χ0v) is 24.9. The average molecular weight is 583 g/mol. The van der Waals surface area contributed by atoms with Gasteiger partial charge in [0.1, 0.15) is 18.1 Å². The van der Waals surface area contributed by atoms with Crippen molar-refractivity contribution in [2.75, 3.05) is 50.6 Å². The van der Waals surface area contributed by atoms with Gasteiger partial charge < -0.3 is 14.4 Å². The molecule has 2 aliphatic rings. The SMILES string of the molecule is COc1ccccc1[C@H]1SCC(=O)N(CC(=O)N2CCOCC2)c2c1c(-c1ccccc1)nn2-c1cccc(C)c1C. The molecule has 0 aliphatic carbocycles. The number of methoxy groups -OCH3 is 1. The van der Waals surface area contributed by atoms with Crippen molar-refractivity contribution in [1.82, 2.24) is 14.7 Å². The van der Waals surface area contributed by atoms with Gasteiger partial charge in [-0.3, -0.25) is 14.5 Å². The van der Waals surface area contributed by atoms with Crippen LogP contribution in [0.4, 0.5) is 5.82 Å². The number of anilines is 1. The summed E-state index contributed by atoms with van der Waals surface area (Å²) in [6.07, 6.45) is 0. The predicted molar refractivity (Wildman–Crippen MR) is 166 cm³/mol. The van der Waals surface area contributed by atoms with Gasteiger partial charge >= 0.3 is 0 Å². The molecule has 1 atom stereocenters. The number of para-hydroxylation sites is 1. The van der Waals surface area contributed by atoms with Crippen molar-refractivity contribution >= 4 is 29.4 Å². The van der Waals surface area contributed by atoms with Crippen molar-refractivity contribution in [2.24, 2.45) is 0 Å². The number of carbonyl (C=O) groups excluding carboxylic acids is 2. The highest BCUT2D eigenvalue weighted by Gasteiger charge is 2.39. The lowest BCUT2D eigenvalue weighted by Gasteiger charge is -2.30. The fourth-order valence-electron chi connectivity index (χ4n) is 5.64. The number of hydrogen-bond donors (Lipinski definition) is 0. The number of carbonyl (C=O) groups is 2. The predicted octanol–water partition coefficient (Wildman–Crippen LogP) is 5.19. The Balaban J connectivity index is 1.63. The van der Waals surface area contributed by atoms with E-state index in [0.29, 0.717) is 32.1 Å². The lowest BCUT2D eigenvalue weighted by Crippen LogP contribution is -2.48. The van der Waals surface area contributed by atoms with Crippen molar-refractivity contribution in [2.45, 2.75) is 19.1 Å². The summed E-state index contributed by atoms with van der Waals surface area (Å²) >= 11 is 1.54. The number of nitrogens with zero attached hydrogens (tertiary/aromatic N) is 4. The van der Waals surface area contributed by atoms with Crippen LogP contribution in [0.1, 0.15) is 27.5 Å². The second-order valence-electron chi connectivity index (χ2n) is 10.5. The van der Waals surface area contributed by atoms with Crippen molar-refractivity contribution in [1.29, 1.82) is 0 Å². The van der Waals surface area contributed by atoms with Gasteiger partial charge in [0.2, 0.25) is 11.8 Å². The van der Waals surface area contributed by atoms with E-state index in [0.717, 1.165) is 44.9 Å². The molecule has 0 unspecified atom stereocenters. The maximum atomic E-state index is 14.0. The molecule has 0 spiro atoms. The normalized spacial score (nSPS) is 17.1. The van der Waals surface area contributed by atoms with Gasteiger partial charge in [-0.2, -0.15) is 5.10 Å². The Morgan fingerprint density at radius 2 is 1.74 bits per heavy atom. The second-order valence-corrected chi connectivity index (χ2v) is 11.6. The van der Waals surface area contributed by atoms with Crippen LogP contribution in [-0.2, 0) is 14.3 Å². The van der Waals surface area contributed by atoms with E-state index in [1.165, 1.54) is 11.8 Å². The Bertz CT molecular complexity index is 1610. The maximum Gasteiger partial charge on any atom is 0.242 e. The average Bonchev–Trinajstić information content (AvgIpc) is 3.35. The van der Waals surface area contributed by atoms with E-state index in [2.05, 4.69) is 19.9 Å². The van der Waals surface area contributed by atoms with Crippen molar-refractivity contribution in [3.05, 3.63) is 95.1 Å². The van der Waals surface area contributed by atoms with Crippen LogP contribution in [0.5, 0.6) is 5.75 Å². The molecule has 0 bridgehead atoms. The first-order chi connectivity index (χ1) is 20.5. The molecule has 1 aromatic heterocycles. The number of benzene rings is 3. The Kier molecular flexibility index (Phi) is 8.04. The molecule has 3 aromatic carbocycles. The largest absolute Gasteiger partial charge is 0.496 e. The van der Waals surface area contributed by atoms with Crippen LogP contribution in [-0.4, -0.2) is 72.2 Å². The number of aryl methyl sites for hydroxylation is 1. The minimum atomic E-state index is -0.266. The first kappa shape index (κ1) is 28.1. The molecular formula is C33H34N4O4S. The molecule has 2 aliphatic heterocycles. The molecule has 9 heteroatoms. The van der Waals surface area contributed by atoms with E-state index >= 15 is 0 Å². The number of amides is 2. The third kappa shape index (κ3) is 5.18. The summed E-state index contributed by atoms with van der Waals surface area (Å²) in [6, 6.07) is 24.0. The van der Waals surface area contributed by atoms with Gasteiger partial charge in [0.15, 0.2) is 0 Å². The van der Waals surface area contributed by atoms with E-state index in [1.807, 2.05) is 71.4 Å². The van der Waals surface area contributed by atoms with Crippen molar-refractivity contribution in [3.8, 4) is 22.7 Å². The van der Waals surface area contributed by atoms with E-state index in [9.17, 15) is 9.59 Å². The molecule has 3 heterocycles. The van der Waals surface area contributed by atoms with Crippen LogP contribution < -0.4 is 9.64 Å². The Morgan fingerprint density at radius 3 is 2.50 bits per heavy atom. The smallest absolute Gasteiger partial charge is 0.242 e. The zero-order chi connectivity index (χ0) is 29.2. The molecular weight excluding hydrogens is 548 g/mol. The molecule has 8 nitrogen and oxygen atoms in total. The van der Waals surface area contributed by atoms with Crippen LogP contribution in [0.15, 0.2) is 72.8 Å². The second kappa shape index (κ2) is 12.0. The van der Waals surface area contributed by atoms with Gasteiger partial charge in [0.05, 0.1) is 42.7 Å². The first-order valence-corrected chi connectivity index (χ1v) is 15.2. The minimum Gasteiger partial charge on any atom is -0.496 e. The highest BCUT2D eigenvalue weighted by Crippen LogP contribution is 2.50. The fourth-order valence-corrected chi connectivity index (χ4v) is 6.86. The van der Waals surface area contributed by atoms with Gasteiger partial charge in [-0.05, 0) is 37.1 Å². The fraction of sp³-hybridized carbons (Fsp3) is 0.303. The number of hydrogen-bond acceptors (Lipinski definition) is 6. The number of aromatic nitrogens is 2. The summed E-state index contributed by atoms with van der Waals surface area (Å²) in [5.74, 6) is 1.33. The molecule has 0 radical (unpaired) electrons. The van der Waals surface area contributed by atoms with E-state index in [-0.39, 0.29) is 29.4 Å². The highest BCUT2D eigenvalue weighted by atomic mass is 32.2. The molecule has 1 fully saturated rings. The molecule has 42 heavy (non-hydrogen) atoms. The van der Waals surface area contributed by atoms with Gasteiger partial charge in [-0.1, -0.05) is 60.7 Å². The summed E-state index contributed by atoms with van der Waals surface area (Å²) in [7, 11) is 1.66. The Morgan fingerprint density at radius 1 is 1.00 bits per heavy atom. The molecule has 2 amide bonds. The van der Waals surface area contributed by atoms with Gasteiger partial charge in [-0.25, -0.2) is 4.68 Å². The number of thioether (sulfide) groups is 1. The highest BCUT2D eigenvalue weighted by molar-refractivity contribution is 8.00. The zero-order valence-electron chi connectivity index (χ0n) is 24.1. The lowest BCUT2D eigenvalue weighted by atomic mass is 9.98. The van der Waals surface area contributed by atoms with Crippen LogP contribution in [0.3, 0.4) is 0 Å². The third-order valence-electron chi connectivity index (χ3n) is 8.02. The number of rotatable bonds is 6. The number of morpholine rings is 1. The lowest BCUT2D eigenvalue weighted by molar-refractivity contribution is -0.134. The van der Waals surface area contributed by atoms with Gasteiger partial charge in [-0.15, -0.1) is 11.8 Å².